The second-order valence-corrected chi connectivity index (χ2v) is 4.12. The summed E-state index contributed by atoms with van der Waals surface area (Å²) in [5.41, 5.74) is 1.27. The fourth-order valence-electron chi connectivity index (χ4n) is 1.59. The Bertz CT molecular complexity index is 267. The smallest absolute Gasteiger partial charge is 0.0948 e. The zero-order valence-electron chi connectivity index (χ0n) is 10.0. The molecule has 0 bridgehead atoms. The summed E-state index contributed by atoms with van der Waals surface area (Å²) in [6.45, 7) is 3.13. The van der Waals surface area contributed by atoms with Gasteiger partial charge in [-0.25, -0.2) is 4.98 Å². The van der Waals surface area contributed by atoms with E-state index >= 15 is 0 Å². The number of rotatable bonds is 7. The van der Waals surface area contributed by atoms with E-state index < -0.39 is 0 Å². The molecule has 0 fully saturated rings. The third kappa shape index (κ3) is 4.44. The van der Waals surface area contributed by atoms with Crippen molar-refractivity contribution in [1.29, 1.82) is 0 Å². The Morgan fingerprint density at radius 2 is 2.20 bits per heavy atom. The van der Waals surface area contributed by atoms with Crippen LogP contribution in [0.15, 0.2) is 12.5 Å². The van der Waals surface area contributed by atoms with E-state index in [0.717, 1.165) is 19.6 Å². The van der Waals surface area contributed by atoms with E-state index in [9.17, 15) is 0 Å². The van der Waals surface area contributed by atoms with Crippen LogP contribution in [0.1, 0.15) is 18.5 Å². The van der Waals surface area contributed by atoms with Gasteiger partial charge >= 0.3 is 0 Å². The highest BCUT2D eigenvalue weighted by atomic mass is 15.1. The van der Waals surface area contributed by atoms with Crippen molar-refractivity contribution in [2.45, 2.75) is 25.9 Å². The van der Waals surface area contributed by atoms with E-state index in [2.05, 4.69) is 33.9 Å². The molecule has 4 heteroatoms. The molecule has 1 heterocycles. The van der Waals surface area contributed by atoms with Gasteiger partial charge in [0.2, 0.25) is 0 Å². The molecule has 0 aliphatic heterocycles. The van der Waals surface area contributed by atoms with Crippen LogP contribution in [0, 0.1) is 0 Å². The maximum absolute atomic E-state index is 4.17. The van der Waals surface area contributed by atoms with Gasteiger partial charge in [0.1, 0.15) is 0 Å². The highest BCUT2D eigenvalue weighted by molar-refractivity contribution is 4.97. The van der Waals surface area contributed by atoms with Crippen molar-refractivity contribution in [3.05, 3.63) is 18.2 Å². The molecule has 0 aliphatic rings. The van der Waals surface area contributed by atoms with Crippen LogP contribution in [0.4, 0.5) is 0 Å². The predicted octanol–water partition coefficient (Wildman–Crippen LogP) is 0.944. The van der Waals surface area contributed by atoms with Gasteiger partial charge in [-0.3, -0.25) is 0 Å². The molecule has 0 saturated heterocycles. The topological polar surface area (TPSA) is 33.1 Å². The predicted molar refractivity (Wildman–Crippen MR) is 62.8 cm³/mol. The van der Waals surface area contributed by atoms with Crippen molar-refractivity contribution in [3.63, 3.8) is 0 Å². The first-order valence-corrected chi connectivity index (χ1v) is 5.52. The van der Waals surface area contributed by atoms with Crippen LogP contribution in [0.3, 0.4) is 0 Å². The summed E-state index contributed by atoms with van der Waals surface area (Å²) in [6, 6.07) is 0. The molecule has 0 aliphatic carbocycles. The van der Waals surface area contributed by atoms with Crippen LogP contribution in [0.2, 0.25) is 0 Å². The van der Waals surface area contributed by atoms with E-state index in [1.54, 1.807) is 0 Å². The van der Waals surface area contributed by atoms with E-state index in [1.165, 1.54) is 18.5 Å². The Kier molecular flexibility index (Phi) is 5.36. The zero-order chi connectivity index (χ0) is 11.1. The van der Waals surface area contributed by atoms with Crippen molar-refractivity contribution in [2.75, 3.05) is 27.7 Å². The standard InChI is InChI=1S/C11H22N4/c1-12-8-11-9-13-10-15(11)7-5-4-6-14(2)3/h9-10,12H,4-8H2,1-3H3. The third-order valence-corrected chi connectivity index (χ3v) is 2.41. The van der Waals surface area contributed by atoms with Gasteiger partial charge in [0.05, 0.1) is 12.0 Å². The van der Waals surface area contributed by atoms with E-state index in [-0.39, 0.29) is 0 Å². The van der Waals surface area contributed by atoms with Crippen molar-refractivity contribution >= 4 is 0 Å². The number of nitrogens with zero attached hydrogens (tertiary/aromatic N) is 3. The maximum atomic E-state index is 4.17. The summed E-state index contributed by atoms with van der Waals surface area (Å²) in [5.74, 6) is 0. The van der Waals surface area contributed by atoms with Gasteiger partial charge in [-0.2, -0.15) is 0 Å². The number of aromatic nitrogens is 2. The largest absolute Gasteiger partial charge is 0.333 e. The second kappa shape index (κ2) is 6.58. The molecule has 0 aromatic carbocycles. The molecule has 4 nitrogen and oxygen atoms in total. The molecule has 0 atom stereocenters. The molecule has 0 amide bonds. The van der Waals surface area contributed by atoms with Gasteiger partial charge in [0.15, 0.2) is 0 Å². The number of hydrogen-bond acceptors (Lipinski definition) is 3. The Balaban J connectivity index is 2.27. The monoisotopic (exact) mass is 210 g/mol. The quantitative estimate of drug-likeness (QED) is 0.680. The lowest BCUT2D eigenvalue weighted by Crippen LogP contribution is -2.14. The van der Waals surface area contributed by atoms with E-state index in [4.69, 9.17) is 0 Å². The summed E-state index contributed by atoms with van der Waals surface area (Å²) in [7, 11) is 6.19. The molecule has 86 valence electrons. The van der Waals surface area contributed by atoms with Crippen LogP contribution in [-0.4, -0.2) is 42.1 Å². The van der Waals surface area contributed by atoms with Crippen LogP contribution in [0.25, 0.3) is 0 Å². The van der Waals surface area contributed by atoms with Gasteiger partial charge in [0.25, 0.3) is 0 Å². The van der Waals surface area contributed by atoms with E-state index in [0.29, 0.717) is 0 Å². The maximum Gasteiger partial charge on any atom is 0.0948 e. The minimum Gasteiger partial charge on any atom is -0.333 e. The average molecular weight is 210 g/mol. The summed E-state index contributed by atoms with van der Waals surface area (Å²) in [5, 5.41) is 3.15. The first-order chi connectivity index (χ1) is 7.24. The molecule has 1 N–H and O–H groups in total. The number of hydrogen-bond donors (Lipinski definition) is 1. The van der Waals surface area contributed by atoms with Gasteiger partial charge < -0.3 is 14.8 Å². The van der Waals surface area contributed by atoms with Crippen LogP contribution < -0.4 is 5.32 Å². The van der Waals surface area contributed by atoms with Gasteiger partial charge in [-0.15, -0.1) is 0 Å². The highest BCUT2D eigenvalue weighted by Gasteiger charge is 2.00. The van der Waals surface area contributed by atoms with Gasteiger partial charge in [-0.05, 0) is 40.5 Å². The van der Waals surface area contributed by atoms with Crippen LogP contribution in [0.5, 0.6) is 0 Å². The Hall–Kier alpha value is -0.870. The summed E-state index contributed by atoms with van der Waals surface area (Å²) < 4.78 is 2.23. The van der Waals surface area contributed by atoms with Crippen molar-refractivity contribution < 1.29 is 0 Å². The second-order valence-electron chi connectivity index (χ2n) is 4.12. The van der Waals surface area contributed by atoms with Gasteiger partial charge in [0, 0.05) is 19.3 Å². The number of unbranched alkanes of at least 4 members (excludes halogenated alkanes) is 1. The molecule has 0 unspecified atom stereocenters. The molecule has 1 aromatic heterocycles. The van der Waals surface area contributed by atoms with Crippen molar-refractivity contribution in [3.8, 4) is 0 Å². The number of aryl methyl sites for hydroxylation is 1. The third-order valence-electron chi connectivity index (χ3n) is 2.41. The summed E-state index contributed by atoms with van der Waals surface area (Å²) in [6.07, 6.45) is 6.31. The van der Waals surface area contributed by atoms with Gasteiger partial charge in [-0.1, -0.05) is 0 Å². The summed E-state index contributed by atoms with van der Waals surface area (Å²) >= 11 is 0. The Morgan fingerprint density at radius 1 is 1.40 bits per heavy atom. The first-order valence-electron chi connectivity index (χ1n) is 5.52. The lowest BCUT2D eigenvalue weighted by atomic mass is 10.3. The van der Waals surface area contributed by atoms with Crippen LogP contribution >= 0.6 is 0 Å². The fraction of sp³-hybridized carbons (Fsp3) is 0.727. The van der Waals surface area contributed by atoms with Crippen molar-refractivity contribution in [2.24, 2.45) is 0 Å². The van der Waals surface area contributed by atoms with Crippen molar-refractivity contribution in [1.82, 2.24) is 19.8 Å². The van der Waals surface area contributed by atoms with Crippen LogP contribution in [-0.2, 0) is 13.1 Å². The minimum absolute atomic E-state index is 0.897. The molecule has 15 heavy (non-hydrogen) atoms. The zero-order valence-corrected chi connectivity index (χ0v) is 10.0. The number of nitrogens with one attached hydrogen (secondary N) is 1. The fourth-order valence-corrected chi connectivity index (χ4v) is 1.59. The molecule has 0 radical (unpaired) electrons. The SMILES string of the molecule is CNCc1cncn1CCCCN(C)C. The molecular formula is C11H22N4. The molecular weight excluding hydrogens is 188 g/mol. The molecule has 0 saturated carbocycles. The lowest BCUT2D eigenvalue weighted by molar-refractivity contribution is 0.386. The normalized spacial score (nSPS) is 11.2. The van der Waals surface area contributed by atoms with E-state index in [1.807, 2.05) is 19.6 Å². The Labute approximate surface area is 92.3 Å². The summed E-state index contributed by atoms with van der Waals surface area (Å²) in [4.78, 5) is 6.39. The Morgan fingerprint density at radius 3 is 2.87 bits per heavy atom. The average Bonchev–Trinajstić information content (AvgIpc) is 2.61. The minimum atomic E-state index is 0.897. The lowest BCUT2D eigenvalue weighted by Gasteiger charge is -2.10. The molecule has 1 aromatic rings. The number of imidazole rings is 1. The first kappa shape index (κ1) is 12.2. The highest BCUT2D eigenvalue weighted by Crippen LogP contribution is 2.02. The molecule has 0 spiro atoms. The molecule has 1 rings (SSSR count).